The lowest BCUT2D eigenvalue weighted by Crippen LogP contribution is -2.46. The van der Waals surface area contributed by atoms with Crippen molar-refractivity contribution in [1.82, 2.24) is 10.6 Å². The standard InChI is InChI=1S/C16H24N2O3/c1-16(20,13-5-6-13)11-18-15(19)17-10-9-12-3-7-14(21-2)8-4-12/h3-4,7-8,13,20H,5-6,9-11H2,1-2H3,(H2,17,18,19)/t16-/m1/s1. The number of carbonyl (C=O) groups excluding carboxylic acids is 1. The summed E-state index contributed by atoms with van der Waals surface area (Å²) >= 11 is 0. The van der Waals surface area contributed by atoms with E-state index in [-0.39, 0.29) is 6.03 Å². The number of methoxy groups -OCH3 is 1. The lowest BCUT2D eigenvalue weighted by atomic mass is 10.0. The largest absolute Gasteiger partial charge is 0.497 e. The molecule has 0 saturated heterocycles. The van der Waals surface area contributed by atoms with E-state index in [0.717, 1.165) is 30.6 Å². The van der Waals surface area contributed by atoms with E-state index >= 15 is 0 Å². The Morgan fingerprint density at radius 1 is 1.33 bits per heavy atom. The van der Waals surface area contributed by atoms with Crippen LogP contribution >= 0.6 is 0 Å². The van der Waals surface area contributed by atoms with Crippen molar-refractivity contribution < 1.29 is 14.6 Å². The van der Waals surface area contributed by atoms with Gasteiger partial charge < -0.3 is 20.5 Å². The summed E-state index contributed by atoms with van der Waals surface area (Å²) in [5, 5.41) is 15.6. The number of benzene rings is 1. The molecule has 0 aromatic heterocycles. The molecule has 21 heavy (non-hydrogen) atoms. The summed E-state index contributed by atoms with van der Waals surface area (Å²) in [4.78, 5) is 11.7. The summed E-state index contributed by atoms with van der Waals surface area (Å²) in [5.74, 6) is 1.16. The van der Waals surface area contributed by atoms with Gasteiger partial charge in [-0.2, -0.15) is 0 Å². The monoisotopic (exact) mass is 292 g/mol. The molecule has 116 valence electrons. The van der Waals surface area contributed by atoms with Gasteiger partial charge in [-0.15, -0.1) is 0 Å². The van der Waals surface area contributed by atoms with Crippen molar-refractivity contribution in [2.75, 3.05) is 20.2 Å². The van der Waals surface area contributed by atoms with Crippen molar-refractivity contribution in [1.29, 1.82) is 0 Å². The van der Waals surface area contributed by atoms with Crippen LogP contribution < -0.4 is 15.4 Å². The van der Waals surface area contributed by atoms with Crippen LogP contribution in [0.25, 0.3) is 0 Å². The number of hydrogen-bond donors (Lipinski definition) is 3. The van der Waals surface area contributed by atoms with E-state index in [1.807, 2.05) is 24.3 Å². The normalized spacial score (nSPS) is 16.9. The second kappa shape index (κ2) is 6.80. The number of aliphatic hydroxyl groups is 1. The molecule has 5 nitrogen and oxygen atoms in total. The number of amides is 2. The molecule has 0 aliphatic heterocycles. The quantitative estimate of drug-likeness (QED) is 0.716. The third-order valence-corrected chi connectivity index (χ3v) is 3.92. The molecule has 3 N–H and O–H groups in total. The van der Waals surface area contributed by atoms with Crippen LogP contribution in [0, 0.1) is 5.92 Å². The van der Waals surface area contributed by atoms with Crippen molar-refractivity contribution in [3.8, 4) is 5.75 Å². The average molecular weight is 292 g/mol. The van der Waals surface area contributed by atoms with Gasteiger partial charge in [-0.05, 0) is 49.8 Å². The zero-order valence-electron chi connectivity index (χ0n) is 12.7. The van der Waals surface area contributed by atoms with Gasteiger partial charge in [-0.3, -0.25) is 0 Å². The third kappa shape index (κ3) is 4.93. The van der Waals surface area contributed by atoms with Crippen molar-refractivity contribution >= 4 is 6.03 Å². The average Bonchev–Trinajstić information content (AvgIpc) is 3.31. The maximum Gasteiger partial charge on any atom is 0.314 e. The highest BCUT2D eigenvalue weighted by Crippen LogP contribution is 2.38. The predicted octanol–water partition coefficient (Wildman–Crippen LogP) is 1.70. The number of urea groups is 1. The van der Waals surface area contributed by atoms with Gasteiger partial charge in [-0.1, -0.05) is 12.1 Å². The fourth-order valence-electron chi connectivity index (χ4n) is 2.28. The van der Waals surface area contributed by atoms with Crippen molar-refractivity contribution in [3.05, 3.63) is 29.8 Å². The highest BCUT2D eigenvalue weighted by molar-refractivity contribution is 5.73. The van der Waals surface area contributed by atoms with Gasteiger partial charge in [0.15, 0.2) is 0 Å². The Morgan fingerprint density at radius 3 is 2.57 bits per heavy atom. The van der Waals surface area contributed by atoms with Gasteiger partial charge in [0.25, 0.3) is 0 Å². The molecule has 0 spiro atoms. The maximum atomic E-state index is 11.7. The molecule has 1 aliphatic carbocycles. The Balaban J connectivity index is 1.64. The number of rotatable bonds is 7. The summed E-state index contributed by atoms with van der Waals surface area (Å²) in [5.41, 5.74) is 0.355. The van der Waals surface area contributed by atoms with Gasteiger partial charge >= 0.3 is 6.03 Å². The van der Waals surface area contributed by atoms with Gasteiger partial charge in [0.2, 0.25) is 0 Å². The summed E-state index contributed by atoms with van der Waals surface area (Å²) in [6, 6.07) is 7.54. The molecule has 0 heterocycles. The van der Waals surface area contributed by atoms with E-state index in [2.05, 4.69) is 10.6 Å². The summed E-state index contributed by atoms with van der Waals surface area (Å²) in [7, 11) is 1.64. The molecule has 1 atom stereocenters. The van der Waals surface area contributed by atoms with E-state index in [1.54, 1.807) is 14.0 Å². The first-order valence-corrected chi connectivity index (χ1v) is 7.38. The minimum atomic E-state index is -0.784. The Labute approximate surface area is 125 Å². The minimum absolute atomic E-state index is 0.232. The van der Waals surface area contributed by atoms with Crippen LogP contribution in [0.5, 0.6) is 5.75 Å². The molecule has 2 amide bonds. The minimum Gasteiger partial charge on any atom is -0.497 e. The molecule has 1 saturated carbocycles. The molecule has 1 fully saturated rings. The van der Waals surface area contributed by atoms with Gasteiger partial charge in [-0.25, -0.2) is 4.79 Å². The van der Waals surface area contributed by atoms with Crippen LogP contribution in [0.4, 0.5) is 4.79 Å². The molecule has 1 aromatic carbocycles. The molecular weight excluding hydrogens is 268 g/mol. The molecule has 0 unspecified atom stereocenters. The molecular formula is C16H24N2O3. The summed E-state index contributed by atoms with van der Waals surface area (Å²) < 4.78 is 5.10. The fourth-order valence-corrected chi connectivity index (χ4v) is 2.28. The first-order valence-electron chi connectivity index (χ1n) is 7.38. The number of carbonyl (C=O) groups is 1. The smallest absolute Gasteiger partial charge is 0.314 e. The first-order chi connectivity index (χ1) is 10.0. The van der Waals surface area contributed by atoms with Crippen molar-refractivity contribution in [2.24, 2.45) is 5.92 Å². The highest BCUT2D eigenvalue weighted by Gasteiger charge is 2.39. The zero-order valence-corrected chi connectivity index (χ0v) is 12.7. The zero-order chi connectivity index (χ0) is 15.3. The highest BCUT2D eigenvalue weighted by atomic mass is 16.5. The lowest BCUT2D eigenvalue weighted by molar-refractivity contribution is 0.0394. The van der Waals surface area contributed by atoms with Crippen LogP contribution in [0.15, 0.2) is 24.3 Å². The van der Waals surface area contributed by atoms with Crippen LogP contribution in [0.2, 0.25) is 0 Å². The van der Waals surface area contributed by atoms with Crippen LogP contribution in [0.1, 0.15) is 25.3 Å². The Bertz CT molecular complexity index is 467. The molecule has 1 aromatic rings. The Morgan fingerprint density at radius 2 is 2.00 bits per heavy atom. The van der Waals surface area contributed by atoms with E-state index in [9.17, 15) is 9.90 Å². The van der Waals surface area contributed by atoms with Crippen molar-refractivity contribution in [3.63, 3.8) is 0 Å². The van der Waals surface area contributed by atoms with E-state index in [4.69, 9.17) is 4.74 Å². The van der Waals surface area contributed by atoms with Crippen LogP contribution in [0.3, 0.4) is 0 Å². The SMILES string of the molecule is COc1ccc(CCNC(=O)NC[C@@](C)(O)C2CC2)cc1. The molecule has 0 radical (unpaired) electrons. The van der Waals surface area contributed by atoms with E-state index in [1.165, 1.54) is 0 Å². The van der Waals surface area contributed by atoms with Gasteiger partial charge in [0, 0.05) is 13.1 Å². The number of hydrogen-bond acceptors (Lipinski definition) is 3. The molecule has 1 aliphatic rings. The fraction of sp³-hybridized carbons (Fsp3) is 0.562. The van der Waals surface area contributed by atoms with E-state index in [0.29, 0.717) is 19.0 Å². The van der Waals surface area contributed by atoms with Crippen LogP contribution in [-0.2, 0) is 6.42 Å². The summed E-state index contributed by atoms with van der Waals surface area (Å²) in [6.45, 7) is 2.64. The molecule has 0 bridgehead atoms. The maximum absolute atomic E-state index is 11.7. The van der Waals surface area contributed by atoms with E-state index < -0.39 is 5.60 Å². The van der Waals surface area contributed by atoms with Crippen LogP contribution in [-0.4, -0.2) is 36.9 Å². The predicted molar refractivity (Wildman–Crippen MR) is 81.4 cm³/mol. The topological polar surface area (TPSA) is 70.6 Å². The van der Waals surface area contributed by atoms with Crippen molar-refractivity contribution in [2.45, 2.75) is 31.8 Å². The first kappa shape index (κ1) is 15.6. The Kier molecular flexibility index (Phi) is 5.07. The lowest BCUT2D eigenvalue weighted by Gasteiger charge is -2.23. The third-order valence-electron chi connectivity index (χ3n) is 3.92. The second-order valence-electron chi connectivity index (χ2n) is 5.84. The second-order valence-corrected chi connectivity index (χ2v) is 5.84. The Hall–Kier alpha value is -1.75. The summed E-state index contributed by atoms with van der Waals surface area (Å²) in [6.07, 6.45) is 2.86. The van der Waals surface area contributed by atoms with Gasteiger partial charge in [0.1, 0.15) is 5.75 Å². The number of nitrogens with one attached hydrogen (secondary N) is 2. The number of ether oxygens (including phenoxy) is 1. The molecule has 2 rings (SSSR count). The van der Waals surface area contributed by atoms with Gasteiger partial charge in [0.05, 0.1) is 12.7 Å². The molecule has 5 heteroatoms.